The quantitative estimate of drug-likeness (QED) is 0.347. The van der Waals surface area contributed by atoms with Crippen molar-refractivity contribution < 1.29 is 0 Å². The fourth-order valence-corrected chi connectivity index (χ4v) is 4.34. The summed E-state index contributed by atoms with van der Waals surface area (Å²) in [5, 5.41) is 9.71. The summed E-state index contributed by atoms with van der Waals surface area (Å²) >= 11 is 0. The Balaban J connectivity index is 2.11. The molecule has 3 aromatic carbocycles. The predicted octanol–water partition coefficient (Wildman–Crippen LogP) is 6.96. The molecule has 0 bridgehead atoms. The zero-order valence-electron chi connectivity index (χ0n) is 18.8. The van der Waals surface area contributed by atoms with Crippen molar-refractivity contribution in [2.24, 2.45) is 11.8 Å². The molecule has 4 aromatic rings. The maximum Gasteiger partial charge on any atom is 0.145 e. The normalized spacial score (nSPS) is 11.4. The van der Waals surface area contributed by atoms with Gasteiger partial charge in [0.05, 0.1) is 28.4 Å². The van der Waals surface area contributed by atoms with Gasteiger partial charge in [-0.3, -0.25) is 4.57 Å². The molecule has 0 fully saturated rings. The van der Waals surface area contributed by atoms with Gasteiger partial charge in [0.25, 0.3) is 0 Å². The number of hydrogen-bond acceptors (Lipinski definition) is 2. The van der Waals surface area contributed by atoms with Crippen LogP contribution in [0.1, 0.15) is 44.4 Å². The molecule has 0 radical (unpaired) electrons. The van der Waals surface area contributed by atoms with E-state index in [9.17, 15) is 5.26 Å². The number of rotatable bonds is 6. The standard InChI is InChI=1S/C28H29N3/c1-19(2)14-23-16-21(18-29)17-24(15-20(3)4)27(23)31-26-13-9-8-12-25(26)30-28(31)22-10-6-5-7-11-22/h5-13,16-17,19-20H,14-15H2,1-4H3. The van der Waals surface area contributed by atoms with Crippen LogP contribution in [0.2, 0.25) is 0 Å². The summed E-state index contributed by atoms with van der Waals surface area (Å²) in [5.74, 6) is 1.91. The molecule has 0 unspecified atom stereocenters. The number of aromatic nitrogens is 2. The second-order valence-electron chi connectivity index (χ2n) is 9.08. The number of fused-ring (bicyclic) bond motifs is 1. The summed E-state index contributed by atoms with van der Waals surface area (Å²) in [5.41, 5.74) is 7.52. The Morgan fingerprint density at radius 1 is 0.839 bits per heavy atom. The van der Waals surface area contributed by atoms with Gasteiger partial charge in [-0.25, -0.2) is 4.98 Å². The molecule has 3 nitrogen and oxygen atoms in total. The first kappa shape index (κ1) is 20.9. The Hall–Kier alpha value is -3.38. The summed E-state index contributed by atoms with van der Waals surface area (Å²) in [6.45, 7) is 8.92. The number of nitrogens with zero attached hydrogens (tertiary/aromatic N) is 3. The smallest absolute Gasteiger partial charge is 0.145 e. The number of benzene rings is 3. The predicted molar refractivity (Wildman–Crippen MR) is 128 cm³/mol. The lowest BCUT2D eigenvalue weighted by molar-refractivity contribution is 0.631. The molecule has 1 aromatic heterocycles. The molecule has 3 heteroatoms. The van der Waals surface area contributed by atoms with Gasteiger partial charge in [-0.15, -0.1) is 0 Å². The lowest BCUT2D eigenvalue weighted by atomic mass is 9.91. The molecule has 0 atom stereocenters. The maximum atomic E-state index is 9.71. The van der Waals surface area contributed by atoms with Gasteiger partial charge in [0.1, 0.15) is 5.82 Å². The molecule has 0 spiro atoms. The monoisotopic (exact) mass is 407 g/mol. The van der Waals surface area contributed by atoms with E-state index in [0.29, 0.717) is 11.8 Å². The first-order valence-electron chi connectivity index (χ1n) is 11.1. The highest BCUT2D eigenvalue weighted by molar-refractivity contribution is 5.84. The number of nitriles is 1. The van der Waals surface area contributed by atoms with Crippen LogP contribution in [0.15, 0.2) is 66.7 Å². The van der Waals surface area contributed by atoms with Crippen LogP contribution in [0, 0.1) is 23.2 Å². The van der Waals surface area contributed by atoms with E-state index in [1.807, 2.05) is 12.1 Å². The maximum absolute atomic E-state index is 9.71. The van der Waals surface area contributed by atoms with Crippen molar-refractivity contribution in [3.05, 3.63) is 83.4 Å². The molecule has 31 heavy (non-hydrogen) atoms. The summed E-state index contributed by atoms with van der Waals surface area (Å²) < 4.78 is 2.32. The van der Waals surface area contributed by atoms with E-state index in [-0.39, 0.29) is 0 Å². The lowest BCUT2D eigenvalue weighted by Crippen LogP contribution is -2.11. The molecule has 0 saturated carbocycles. The molecule has 0 amide bonds. The van der Waals surface area contributed by atoms with Crippen LogP contribution in [-0.4, -0.2) is 9.55 Å². The average Bonchev–Trinajstić information content (AvgIpc) is 3.12. The van der Waals surface area contributed by atoms with Crippen molar-refractivity contribution in [1.29, 1.82) is 5.26 Å². The minimum Gasteiger partial charge on any atom is -0.292 e. The van der Waals surface area contributed by atoms with Gasteiger partial charge in [-0.2, -0.15) is 5.26 Å². The zero-order valence-corrected chi connectivity index (χ0v) is 18.8. The molecule has 0 aliphatic carbocycles. The third-order valence-electron chi connectivity index (χ3n) is 5.47. The highest BCUT2D eigenvalue weighted by atomic mass is 15.1. The Kier molecular flexibility index (Phi) is 5.91. The summed E-state index contributed by atoms with van der Waals surface area (Å²) in [6, 6.07) is 25.2. The lowest BCUT2D eigenvalue weighted by Gasteiger charge is -2.21. The number of para-hydroxylation sites is 2. The SMILES string of the molecule is CC(C)Cc1cc(C#N)cc(CC(C)C)c1-n1c(-c2ccccc2)nc2ccccc21. The molecule has 0 saturated heterocycles. The van der Waals surface area contributed by atoms with Gasteiger partial charge in [0, 0.05) is 5.56 Å². The molecule has 0 aliphatic heterocycles. The topological polar surface area (TPSA) is 41.6 Å². The van der Waals surface area contributed by atoms with Crippen molar-refractivity contribution in [3.63, 3.8) is 0 Å². The van der Waals surface area contributed by atoms with Crippen LogP contribution in [0.4, 0.5) is 0 Å². The largest absolute Gasteiger partial charge is 0.292 e. The molecule has 4 rings (SSSR count). The van der Waals surface area contributed by atoms with Gasteiger partial charge in [0.2, 0.25) is 0 Å². The van der Waals surface area contributed by atoms with Gasteiger partial charge >= 0.3 is 0 Å². The van der Waals surface area contributed by atoms with Gasteiger partial charge in [-0.1, -0.05) is 70.2 Å². The van der Waals surface area contributed by atoms with E-state index in [1.54, 1.807) is 0 Å². The molecule has 156 valence electrons. The number of hydrogen-bond donors (Lipinski definition) is 0. The van der Waals surface area contributed by atoms with Crippen LogP contribution < -0.4 is 0 Å². The second-order valence-corrected chi connectivity index (χ2v) is 9.08. The van der Waals surface area contributed by atoms with Crippen molar-refractivity contribution in [2.75, 3.05) is 0 Å². The number of imidazole rings is 1. The van der Waals surface area contributed by atoms with Crippen LogP contribution >= 0.6 is 0 Å². The van der Waals surface area contributed by atoms with Crippen molar-refractivity contribution in [2.45, 2.75) is 40.5 Å². The summed E-state index contributed by atoms with van der Waals surface area (Å²) in [7, 11) is 0. The average molecular weight is 408 g/mol. The van der Waals surface area contributed by atoms with E-state index in [4.69, 9.17) is 4.98 Å². The van der Waals surface area contributed by atoms with Crippen molar-refractivity contribution >= 4 is 11.0 Å². The first-order chi connectivity index (χ1) is 15.0. The van der Waals surface area contributed by atoms with Gasteiger partial charge < -0.3 is 0 Å². The Morgan fingerprint density at radius 2 is 1.42 bits per heavy atom. The van der Waals surface area contributed by atoms with Crippen LogP contribution in [0.5, 0.6) is 0 Å². The highest BCUT2D eigenvalue weighted by Crippen LogP contribution is 2.34. The fraction of sp³-hybridized carbons (Fsp3) is 0.286. The third-order valence-corrected chi connectivity index (χ3v) is 5.47. The van der Waals surface area contributed by atoms with E-state index in [1.165, 1.54) is 16.8 Å². The molecule has 0 N–H and O–H groups in total. The Bertz CT molecular complexity index is 1210. The van der Waals surface area contributed by atoms with Crippen molar-refractivity contribution in [1.82, 2.24) is 9.55 Å². The Labute approximate surface area is 185 Å². The van der Waals surface area contributed by atoms with Crippen LogP contribution in [0.3, 0.4) is 0 Å². The van der Waals surface area contributed by atoms with Crippen LogP contribution in [0.25, 0.3) is 28.1 Å². The van der Waals surface area contributed by atoms with Crippen LogP contribution in [-0.2, 0) is 12.8 Å². The summed E-state index contributed by atoms with van der Waals surface area (Å²) in [4.78, 5) is 5.04. The molecular formula is C28H29N3. The Morgan fingerprint density at radius 3 is 2.00 bits per heavy atom. The minimum atomic E-state index is 0.481. The summed E-state index contributed by atoms with van der Waals surface area (Å²) in [6.07, 6.45) is 1.83. The van der Waals surface area contributed by atoms with Crippen molar-refractivity contribution in [3.8, 4) is 23.1 Å². The molecular weight excluding hydrogens is 378 g/mol. The molecule has 1 heterocycles. The second kappa shape index (κ2) is 8.78. The molecule has 0 aliphatic rings. The minimum absolute atomic E-state index is 0.481. The van der Waals surface area contributed by atoms with E-state index < -0.39 is 0 Å². The van der Waals surface area contributed by atoms with E-state index in [0.717, 1.165) is 40.8 Å². The van der Waals surface area contributed by atoms with E-state index >= 15 is 0 Å². The fourth-order valence-electron chi connectivity index (χ4n) is 4.34. The van der Waals surface area contributed by atoms with Gasteiger partial charge in [-0.05, 0) is 60.1 Å². The zero-order chi connectivity index (χ0) is 22.0. The van der Waals surface area contributed by atoms with Gasteiger partial charge in [0.15, 0.2) is 0 Å². The highest BCUT2D eigenvalue weighted by Gasteiger charge is 2.21. The third kappa shape index (κ3) is 4.25. The van der Waals surface area contributed by atoms with E-state index in [2.05, 4.69) is 92.9 Å². The first-order valence-corrected chi connectivity index (χ1v) is 11.1.